The highest BCUT2D eigenvalue weighted by Gasteiger charge is 2.27. The van der Waals surface area contributed by atoms with Crippen LogP contribution < -0.4 is 0 Å². The number of rotatable bonds is 2. The van der Waals surface area contributed by atoms with Gasteiger partial charge in [0.1, 0.15) is 0 Å². The zero-order chi connectivity index (χ0) is 12.4. The number of thioether (sulfide) groups is 1. The van der Waals surface area contributed by atoms with Gasteiger partial charge in [0.05, 0.1) is 6.04 Å². The largest absolute Gasteiger partial charge is 0.295 e. The Hall–Kier alpha value is -0.800. The van der Waals surface area contributed by atoms with Crippen molar-refractivity contribution in [3.05, 3.63) is 34.9 Å². The number of benzene rings is 1. The van der Waals surface area contributed by atoms with Gasteiger partial charge in [0.25, 0.3) is 0 Å². The van der Waals surface area contributed by atoms with Crippen molar-refractivity contribution >= 4 is 17.5 Å². The molecule has 2 nitrogen and oxygen atoms in total. The maximum absolute atomic E-state index is 12.4. The number of carbonyl (C=O) groups excluding carboxylic acids is 1. The second-order valence-corrected chi connectivity index (χ2v) is 5.88. The first-order valence-corrected chi connectivity index (χ1v) is 7.14. The van der Waals surface area contributed by atoms with E-state index in [-0.39, 0.29) is 11.8 Å². The SMILES string of the molecule is Cc1ccc(C(=O)C2CSCCN2C)cc1C. The average Bonchev–Trinajstić information content (AvgIpc) is 2.32. The molecule has 1 aliphatic heterocycles. The maximum Gasteiger partial charge on any atom is 0.180 e. The lowest BCUT2D eigenvalue weighted by atomic mass is 9.99. The molecule has 0 N–H and O–H groups in total. The predicted molar refractivity (Wildman–Crippen MR) is 74.0 cm³/mol. The Morgan fingerprint density at radius 3 is 2.76 bits per heavy atom. The maximum atomic E-state index is 12.4. The second kappa shape index (κ2) is 5.23. The van der Waals surface area contributed by atoms with Gasteiger partial charge < -0.3 is 0 Å². The summed E-state index contributed by atoms with van der Waals surface area (Å²) in [5, 5.41) is 0. The standard InChI is InChI=1S/C14H19NOS/c1-10-4-5-12(8-11(10)2)14(16)13-9-17-7-6-15(13)3/h4-5,8,13H,6-7,9H2,1-3H3. The van der Waals surface area contributed by atoms with E-state index in [4.69, 9.17) is 0 Å². The molecule has 1 unspecified atom stereocenters. The molecule has 0 radical (unpaired) electrons. The third-order valence-corrected chi connectivity index (χ3v) is 4.51. The summed E-state index contributed by atoms with van der Waals surface area (Å²) < 4.78 is 0. The number of nitrogens with zero attached hydrogens (tertiary/aromatic N) is 1. The molecule has 17 heavy (non-hydrogen) atoms. The van der Waals surface area contributed by atoms with Crippen molar-refractivity contribution in [2.24, 2.45) is 0 Å². The number of carbonyl (C=O) groups is 1. The summed E-state index contributed by atoms with van der Waals surface area (Å²) in [5.41, 5.74) is 3.29. The van der Waals surface area contributed by atoms with E-state index in [0.717, 1.165) is 23.6 Å². The molecule has 0 aliphatic carbocycles. The number of ketones is 1. The van der Waals surface area contributed by atoms with E-state index in [0.29, 0.717) is 0 Å². The predicted octanol–water partition coefficient (Wildman–Crippen LogP) is 2.53. The molecule has 1 fully saturated rings. The van der Waals surface area contributed by atoms with E-state index in [2.05, 4.69) is 18.7 Å². The Labute approximate surface area is 107 Å². The number of Topliss-reactive ketones (excluding diaryl/α,β-unsaturated/α-hetero) is 1. The molecular formula is C14H19NOS. The van der Waals surface area contributed by atoms with Crippen molar-refractivity contribution in [3.8, 4) is 0 Å². The summed E-state index contributed by atoms with van der Waals surface area (Å²) >= 11 is 1.87. The molecular weight excluding hydrogens is 230 g/mol. The molecule has 0 saturated carbocycles. The summed E-state index contributed by atoms with van der Waals surface area (Å²) in [6, 6.07) is 6.07. The van der Waals surface area contributed by atoms with Crippen LogP contribution in [-0.2, 0) is 0 Å². The van der Waals surface area contributed by atoms with Crippen molar-refractivity contribution in [1.29, 1.82) is 0 Å². The van der Waals surface area contributed by atoms with Gasteiger partial charge in [-0.2, -0.15) is 11.8 Å². The van der Waals surface area contributed by atoms with Crippen molar-refractivity contribution in [2.45, 2.75) is 19.9 Å². The van der Waals surface area contributed by atoms with Crippen LogP contribution in [-0.4, -0.2) is 41.8 Å². The van der Waals surface area contributed by atoms with Gasteiger partial charge in [0.2, 0.25) is 0 Å². The molecule has 1 atom stereocenters. The van der Waals surface area contributed by atoms with E-state index in [1.54, 1.807) is 0 Å². The van der Waals surface area contributed by atoms with Gasteiger partial charge in [-0.25, -0.2) is 0 Å². The van der Waals surface area contributed by atoms with Crippen molar-refractivity contribution in [3.63, 3.8) is 0 Å². The van der Waals surface area contributed by atoms with Crippen molar-refractivity contribution < 1.29 is 4.79 Å². The van der Waals surface area contributed by atoms with E-state index in [9.17, 15) is 4.79 Å². The van der Waals surface area contributed by atoms with Gasteiger partial charge in [-0.15, -0.1) is 0 Å². The van der Waals surface area contributed by atoms with Crippen LogP contribution in [0.1, 0.15) is 21.5 Å². The Bertz CT molecular complexity index is 430. The third-order valence-electron chi connectivity index (χ3n) is 3.49. The van der Waals surface area contributed by atoms with Gasteiger partial charge in [0.15, 0.2) is 5.78 Å². The van der Waals surface area contributed by atoms with Crippen molar-refractivity contribution in [2.75, 3.05) is 25.1 Å². The summed E-state index contributed by atoms with van der Waals surface area (Å²) in [7, 11) is 2.04. The Balaban J connectivity index is 2.21. The Morgan fingerprint density at radius 2 is 2.12 bits per heavy atom. The van der Waals surface area contributed by atoms with Crippen LogP contribution in [0.15, 0.2) is 18.2 Å². The van der Waals surface area contributed by atoms with Gasteiger partial charge >= 0.3 is 0 Å². The second-order valence-electron chi connectivity index (χ2n) is 4.73. The fourth-order valence-electron chi connectivity index (χ4n) is 2.05. The lowest BCUT2D eigenvalue weighted by Crippen LogP contribution is -2.44. The lowest BCUT2D eigenvalue weighted by Gasteiger charge is -2.30. The highest BCUT2D eigenvalue weighted by atomic mass is 32.2. The first-order valence-electron chi connectivity index (χ1n) is 5.99. The monoisotopic (exact) mass is 249 g/mol. The van der Waals surface area contributed by atoms with E-state index >= 15 is 0 Å². The smallest absolute Gasteiger partial charge is 0.180 e. The zero-order valence-electron chi connectivity index (χ0n) is 10.7. The lowest BCUT2D eigenvalue weighted by molar-refractivity contribution is 0.0874. The minimum absolute atomic E-state index is 0.0517. The highest BCUT2D eigenvalue weighted by Crippen LogP contribution is 2.20. The molecule has 92 valence electrons. The van der Waals surface area contributed by atoms with Crippen LogP contribution in [0, 0.1) is 13.8 Å². The summed E-state index contributed by atoms with van der Waals surface area (Å²) in [6.07, 6.45) is 0. The number of hydrogen-bond donors (Lipinski definition) is 0. The molecule has 3 heteroatoms. The summed E-state index contributed by atoms with van der Waals surface area (Å²) in [4.78, 5) is 14.6. The van der Waals surface area contributed by atoms with Crippen molar-refractivity contribution in [1.82, 2.24) is 4.90 Å². The summed E-state index contributed by atoms with van der Waals surface area (Å²) in [6.45, 7) is 5.14. The molecule has 2 rings (SSSR count). The zero-order valence-corrected chi connectivity index (χ0v) is 11.5. The highest BCUT2D eigenvalue weighted by molar-refractivity contribution is 7.99. The Morgan fingerprint density at radius 1 is 1.35 bits per heavy atom. The normalized spacial score (nSPS) is 21.5. The molecule has 1 aromatic rings. The van der Waals surface area contributed by atoms with Crippen LogP contribution in [0.4, 0.5) is 0 Å². The van der Waals surface area contributed by atoms with Crippen LogP contribution in [0.25, 0.3) is 0 Å². The van der Waals surface area contributed by atoms with E-state index in [1.165, 1.54) is 11.1 Å². The first kappa shape index (κ1) is 12.7. The molecule has 1 saturated heterocycles. The third kappa shape index (κ3) is 2.72. The molecule has 1 heterocycles. The fourth-order valence-corrected chi connectivity index (χ4v) is 3.26. The van der Waals surface area contributed by atoms with Gasteiger partial charge in [-0.1, -0.05) is 12.1 Å². The van der Waals surface area contributed by atoms with Gasteiger partial charge in [-0.3, -0.25) is 9.69 Å². The van der Waals surface area contributed by atoms with Crippen LogP contribution in [0.3, 0.4) is 0 Å². The fraction of sp³-hybridized carbons (Fsp3) is 0.500. The number of hydrogen-bond acceptors (Lipinski definition) is 3. The molecule has 0 aromatic heterocycles. The molecule has 0 spiro atoms. The molecule has 0 bridgehead atoms. The van der Waals surface area contributed by atoms with Gasteiger partial charge in [0, 0.05) is 23.6 Å². The molecule has 1 aliphatic rings. The molecule has 1 aromatic carbocycles. The number of aryl methyl sites for hydroxylation is 2. The van der Waals surface area contributed by atoms with Crippen LogP contribution in [0.5, 0.6) is 0 Å². The Kier molecular flexibility index (Phi) is 3.89. The topological polar surface area (TPSA) is 20.3 Å². The van der Waals surface area contributed by atoms with Gasteiger partial charge in [-0.05, 0) is 38.1 Å². The first-order chi connectivity index (χ1) is 8.09. The molecule has 0 amide bonds. The van der Waals surface area contributed by atoms with E-state index < -0.39 is 0 Å². The van der Waals surface area contributed by atoms with Crippen LogP contribution >= 0.6 is 11.8 Å². The van der Waals surface area contributed by atoms with E-state index in [1.807, 2.05) is 37.0 Å². The minimum atomic E-state index is 0.0517. The quantitative estimate of drug-likeness (QED) is 0.751. The average molecular weight is 249 g/mol. The number of likely N-dealkylation sites (N-methyl/N-ethyl adjacent to an activating group) is 1. The minimum Gasteiger partial charge on any atom is -0.295 e. The van der Waals surface area contributed by atoms with Crippen LogP contribution in [0.2, 0.25) is 0 Å². The summed E-state index contributed by atoms with van der Waals surface area (Å²) in [5.74, 6) is 2.32.